The third-order valence-electron chi connectivity index (χ3n) is 3.14. The van der Waals surface area contributed by atoms with Gasteiger partial charge in [0.25, 0.3) is 0 Å². The Hall–Kier alpha value is -2.14. The molecule has 0 saturated carbocycles. The minimum Gasteiger partial charge on any atom is -0.479 e. The minimum absolute atomic E-state index is 0.232. The van der Waals surface area contributed by atoms with E-state index in [9.17, 15) is 14.7 Å². The molecule has 2 aromatic rings. The van der Waals surface area contributed by atoms with E-state index in [4.69, 9.17) is 4.74 Å². The van der Waals surface area contributed by atoms with Crippen LogP contribution < -0.4 is 0 Å². The van der Waals surface area contributed by atoms with Crippen molar-refractivity contribution in [1.29, 1.82) is 0 Å². The number of aryl methyl sites for hydroxylation is 1. The van der Waals surface area contributed by atoms with Crippen LogP contribution in [0, 0.1) is 0 Å². The van der Waals surface area contributed by atoms with Crippen molar-refractivity contribution in [3.8, 4) is 0 Å². The molecular formula is C17H15BrO4. The van der Waals surface area contributed by atoms with Crippen LogP contribution in [-0.4, -0.2) is 23.1 Å². The van der Waals surface area contributed by atoms with Crippen molar-refractivity contribution in [2.75, 3.05) is 0 Å². The summed E-state index contributed by atoms with van der Waals surface area (Å²) in [5.41, 5.74) is 1.34. The zero-order valence-corrected chi connectivity index (χ0v) is 13.3. The van der Waals surface area contributed by atoms with Gasteiger partial charge in [0.15, 0.2) is 6.10 Å². The Labute approximate surface area is 136 Å². The zero-order valence-electron chi connectivity index (χ0n) is 11.7. The Bertz CT molecular complexity index is 637. The van der Waals surface area contributed by atoms with E-state index in [-0.39, 0.29) is 6.42 Å². The zero-order chi connectivity index (χ0) is 15.9. The quantitative estimate of drug-likeness (QED) is 0.795. The fourth-order valence-corrected chi connectivity index (χ4v) is 2.22. The fraction of sp³-hybridized carbons (Fsp3) is 0.176. The molecule has 2 aromatic carbocycles. The lowest BCUT2D eigenvalue weighted by atomic mass is 10.1. The molecule has 0 amide bonds. The molecule has 114 valence electrons. The number of aliphatic carboxylic acids is 1. The van der Waals surface area contributed by atoms with Crippen LogP contribution in [0.4, 0.5) is 0 Å². The second-order valence-corrected chi connectivity index (χ2v) is 5.68. The Morgan fingerprint density at radius 1 is 1.05 bits per heavy atom. The van der Waals surface area contributed by atoms with Gasteiger partial charge in [0.2, 0.25) is 0 Å². The van der Waals surface area contributed by atoms with Gasteiger partial charge in [-0.1, -0.05) is 46.3 Å². The lowest BCUT2D eigenvalue weighted by Gasteiger charge is -2.14. The smallest absolute Gasteiger partial charge is 0.345 e. The maximum absolute atomic E-state index is 11.9. The third kappa shape index (κ3) is 4.70. The molecule has 0 aliphatic heterocycles. The highest BCUT2D eigenvalue weighted by Gasteiger charge is 2.22. The summed E-state index contributed by atoms with van der Waals surface area (Å²) in [4.78, 5) is 23.2. The number of ether oxygens (including phenoxy) is 1. The summed E-state index contributed by atoms with van der Waals surface area (Å²) in [6, 6.07) is 16.0. The number of esters is 1. The predicted octanol–water partition coefficient (Wildman–Crippen LogP) is 3.69. The van der Waals surface area contributed by atoms with E-state index < -0.39 is 18.0 Å². The van der Waals surface area contributed by atoms with Gasteiger partial charge >= 0.3 is 11.9 Å². The molecule has 0 saturated heterocycles. The van der Waals surface area contributed by atoms with Crippen molar-refractivity contribution in [1.82, 2.24) is 0 Å². The molecule has 0 aliphatic rings. The number of rotatable bonds is 6. The van der Waals surface area contributed by atoms with E-state index in [1.54, 1.807) is 30.3 Å². The molecule has 0 bridgehead atoms. The summed E-state index contributed by atoms with van der Waals surface area (Å²) in [5.74, 6) is -1.76. The highest BCUT2D eigenvalue weighted by molar-refractivity contribution is 9.10. The lowest BCUT2D eigenvalue weighted by Crippen LogP contribution is -2.27. The number of carboxylic acids is 1. The molecule has 0 spiro atoms. The predicted molar refractivity (Wildman–Crippen MR) is 85.7 cm³/mol. The van der Waals surface area contributed by atoms with Crippen LogP contribution in [0.2, 0.25) is 0 Å². The largest absolute Gasteiger partial charge is 0.479 e. The molecule has 2 rings (SSSR count). The number of hydrogen-bond acceptors (Lipinski definition) is 3. The van der Waals surface area contributed by atoms with Crippen LogP contribution in [0.3, 0.4) is 0 Å². The molecule has 5 heteroatoms. The van der Waals surface area contributed by atoms with E-state index in [2.05, 4.69) is 15.9 Å². The highest BCUT2D eigenvalue weighted by Crippen LogP contribution is 2.14. The third-order valence-corrected chi connectivity index (χ3v) is 3.67. The van der Waals surface area contributed by atoms with Gasteiger partial charge in [-0.3, -0.25) is 0 Å². The standard InChI is InChI=1S/C17H15BrO4/c18-14-9-6-12(7-10-14)8-11-15(16(19)20)22-17(21)13-4-2-1-3-5-13/h1-7,9-10,15H,8,11H2,(H,19,20)/t15-/m1/s1. The van der Waals surface area contributed by atoms with Crippen LogP contribution >= 0.6 is 15.9 Å². The normalized spacial score (nSPS) is 11.7. The van der Waals surface area contributed by atoms with Crippen LogP contribution in [0.5, 0.6) is 0 Å². The number of hydrogen-bond donors (Lipinski definition) is 1. The average molecular weight is 363 g/mol. The number of benzene rings is 2. The first-order chi connectivity index (χ1) is 10.6. The summed E-state index contributed by atoms with van der Waals surface area (Å²) in [5, 5.41) is 9.21. The molecule has 0 unspecified atom stereocenters. The SMILES string of the molecule is O=C(O[C@H](CCc1ccc(Br)cc1)C(=O)O)c1ccccc1. The monoisotopic (exact) mass is 362 g/mol. The number of halogens is 1. The van der Waals surface area contributed by atoms with E-state index >= 15 is 0 Å². The second-order valence-electron chi connectivity index (χ2n) is 4.76. The Morgan fingerprint density at radius 3 is 2.27 bits per heavy atom. The van der Waals surface area contributed by atoms with Crippen molar-refractivity contribution in [3.05, 3.63) is 70.2 Å². The van der Waals surface area contributed by atoms with Crippen molar-refractivity contribution < 1.29 is 19.4 Å². The van der Waals surface area contributed by atoms with E-state index in [0.717, 1.165) is 10.0 Å². The Balaban J connectivity index is 1.97. The van der Waals surface area contributed by atoms with E-state index in [1.165, 1.54) is 0 Å². The van der Waals surface area contributed by atoms with Gasteiger partial charge in [0.1, 0.15) is 0 Å². The van der Waals surface area contributed by atoms with Gasteiger partial charge in [-0.25, -0.2) is 9.59 Å². The first-order valence-corrected chi connectivity index (χ1v) is 7.59. The van der Waals surface area contributed by atoms with Crippen molar-refractivity contribution in [2.45, 2.75) is 18.9 Å². The first-order valence-electron chi connectivity index (χ1n) is 6.79. The van der Waals surface area contributed by atoms with Crippen LogP contribution in [-0.2, 0) is 16.0 Å². The first kappa shape index (κ1) is 16.2. The topological polar surface area (TPSA) is 63.6 Å². The molecule has 1 atom stereocenters. The molecule has 0 heterocycles. The molecule has 0 fully saturated rings. The summed E-state index contributed by atoms with van der Waals surface area (Å²) < 4.78 is 6.06. The lowest BCUT2D eigenvalue weighted by molar-refractivity contribution is -0.147. The fourth-order valence-electron chi connectivity index (χ4n) is 1.95. The Kier molecular flexibility index (Phi) is 5.72. The average Bonchev–Trinajstić information content (AvgIpc) is 2.53. The molecule has 4 nitrogen and oxygen atoms in total. The van der Waals surface area contributed by atoms with E-state index in [1.807, 2.05) is 24.3 Å². The van der Waals surface area contributed by atoms with Crippen molar-refractivity contribution in [2.24, 2.45) is 0 Å². The molecule has 0 aromatic heterocycles. The van der Waals surface area contributed by atoms with Crippen molar-refractivity contribution >= 4 is 27.9 Å². The number of carbonyl (C=O) groups excluding carboxylic acids is 1. The van der Waals surface area contributed by atoms with Gasteiger partial charge in [-0.05, 0) is 42.7 Å². The molecule has 22 heavy (non-hydrogen) atoms. The van der Waals surface area contributed by atoms with E-state index in [0.29, 0.717) is 12.0 Å². The number of carboxylic acid groups (broad SMARTS) is 1. The highest BCUT2D eigenvalue weighted by atomic mass is 79.9. The molecule has 0 radical (unpaired) electrons. The minimum atomic E-state index is -1.16. The van der Waals surface area contributed by atoms with Crippen molar-refractivity contribution in [3.63, 3.8) is 0 Å². The maximum Gasteiger partial charge on any atom is 0.345 e. The summed E-state index contributed by atoms with van der Waals surface area (Å²) >= 11 is 3.34. The summed E-state index contributed by atoms with van der Waals surface area (Å²) in [6.07, 6.45) is -0.404. The van der Waals surface area contributed by atoms with Gasteiger partial charge in [-0.2, -0.15) is 0 Å². The molecule has 0 aliphatic carbocycles. The Morgan fingerprint density at radius 2 is 1.68 bits per heavy atom. The maximum atomic E-state index is 11.9. The summed E-state index contributed by atoms with van der Waals surface area (Å²) in [7, 11) is 0. The van der Waals surface area contributed by atoms with Gasteiger partial charge in [-0.15, -0.1) is 0 Å². The second kappa shape index (κ2) is 7.75. The molecule has 1 N–H and O–H groups in total. The van der Waals surface area contributed by atoms with Crippen LogP contribution in [0.25, 0.3) is 0 Å². The van der Waals surface area contributed by atoms with Gasteiger partial charge in [0.05, 0.1) is 5.56 Å². The summed E-state index contributed by atoms with van der Waals surface area (Å²) in [6.45, 7) is 0. The van der Waals surface area contributed by atoms with Crippen LogP contribution in [0.1, 0.15) is 22.3 Å². The number of carbonyl (C=O) groups is 2. The van der Waals surface area contributed by atoms with Gasteiger partial charge < -0.3 is 9.84 Å². The van der Waals surface area contributed by atoms with Crippen LogP contribution in [0.15, 0.2) is 59.1 Å². The van der Waals surface area contributed by atoms with Gasteiger partial charge in [0, 0.05) is 4.47 Å². The molecular weight excluding hydrogens is 348 g/mol.